The van der Waals surface area contributed by atoms with Crippen LogP contribution < -0.4 is 10.4 Å². The molecule has 1 spiro atoms. The van der Waals surface area contributed by atoms with Crippen molar-refractivity contribution in [3.8, 4) is 16.9 Å². The lowest BCUT2D eigenvalue weighted by atomic mass is 9.90. The monoisotopic (exact) mass is 424 g/mol. The molecule has 31 heavy (non-hydrogen) atoms. The molecule has 0 amide bonds. The predicted molar refractivity (Wildman–Crippen MR) is 109 cm³/mol. The zero-order valence-electron chi connectivity index (χ0n) is 16.7. The number of rotatable bonds is 1. The van der Waals surface area contributed by atoms with Gasteiger partial charge in [-0.15, -0.1) is 0 Å². The van der Waals surface area contributed by atoms with Crippen LogP contribution in [0.4, 0.5) is 8.78 Å². The van der Waals surface area contributed by atoms with Crippen LogP contribution in [0.25, 0.3) is 33.1 Å². The summed E-state index contributed by atoms with van der Waals surface area (Å²) in [5.74, 6) is -0.904. The Balaban J connectivity index is 1.77. The minimum Gasteiger partial charge on any atom is -0.490 e. The van der Waals surface area contributed by atoms with Crippen molar-refractivity contribution in [2.24, 2.45) is 7.05 Å². The number of nitrogens with zero attached hydrogens (tertiary/aromatic N) is 4. The van der Waals surface area contributed by atoms with E-state index in [0.717, 1.165) is 0 Å². The van der Waals surface area contributed by atoms with E-state index in [0.29, 0.717) is 59.3 Å². The molecule has 1 saturated heterocycles. The van der Waals surface area contributed by atoms with Crippen LogP contribution in [0.1, 0.15) is 12.8 Å². The largest absolute Gasteiger partial charge is 0.490 e. The molecule has 7 nitrogen and oxygen atoms in total. The van der Waals surface area contributed by atoms with Crippen molar-refractivity contribution in [1.82, 2.24) is 19.1 Å². The summed E-state index contributed by atoms with van der Waals surface area (Å²) >= 11 is 0. The molecular weight excluding hydrogens is 406 g/mol. The van der Waals surface area contributed by atoms with Gasteiger partial charge in [-0.25, -0.2) is 14.2 Å². The molecule has 158 valence electrons. The molecule has 2 aliphatic heterocycles. The van der Waals surface area contributed by atoms with Crippen LogP contribution in [0.2, 0.25) is 0 Å². The van der Waals surface area contributed by atoms with Gasteiger partial charge in [0.25, 0.3) is 0 Å². The van der Waals surface area contributed by atoms with Crippen LogP contribution in [0.15, 0.2) is 35.4 Å². The number of fused-ring (bicyclic) bond motifs is 1. The summed E-state index contributed by atoms with van der Waals surface area (Å²) < 4.78 is 43.9. The Morgan fingerprint density at radius 2 is 1.94 bits per heavy atom. The number of imidazole rings is 1. The van der Waals surface area contributed by atoms with Crippen LogP contribution in [-0.4, -0.2) is 38.9 Å². The topological polar surface area (TPSA) is 71.2 Å². The molecule has 5 heterocycles. The standard InChI is InChI=1S/C22H18F2N4O3/c1-27-15-10-25-14-8-13(23)17(12-2-3-16(24)26-9-12)20-18(14)19(15)28(21(27)29)22(11-31-20)4-6-30-7-5-22/h2-3,8-10H,4-7,11H2,1H3. The van der Waals surface area contributed by atoms with Gasteiger partial charge in [0.15, 0.2) is 0 Å². The Morgan fingerprint density at radius 3 is 2.68 bits per heavy atom. The second-order valence-corrected chi connectivity index (χ2v) is 8.12. The third kappa shape index (κ3) is 2.43. The average Bonchev–Trinajstić information content (AvgIpc) is 2.95. The van der Waals surface area contributed by atoms with E-state index in [1.54, 1.807) is 22.4 Å². The summed E-state index contributed by atoms with van der Waals surface area (Å²) in [6, 6.07) is 3.97. The van der Waals surface area contributed by atoms with Crippen molar-refractivity contribution in [3.05, 3.63) is 52.8 Å². The molecule has 0 atom stereocenters. The van der Waals surface area contributed by atoms with E-state index in [2.05, 4.69) is 9.97 Å². The SMILES string of the molecule is Cn1c(=O)n2c3c4c(c(-c5ccc(F)nc5)c(F)cc4ncc31)OCC21CCOCC1. The first-order valence-corrected chi connectivity index (χ1v) is 10.1. The quantitative estimate of drug-likeness (QED) is 0.439. The smallest absolute Gasteiger partial charge is 0.329 e. The number of aromatic nitrogens is 4. The highest BCUT2D eigenvalue weighted by molar-refractivity contribution is 6.09. The van der Waals surface area contributed by atoms with Gasteiger partial charge in [0.05, 0.1) is 39.2 Å². The number of aryl methyl sites for hydroxylation is 1. The van der Waals surface area contributed by atoms with Gasteiger partial charge in [-0.3, -0.25) is 14.1 Å². The van der Waals surface area contributed by atoms with Crippen molar-refractivity contribution >= 4 is 21.9 Å². The fourth-order valence-corrected chi connectivity index (χ4v) is 4.85. The minimum absolute atomic E-state index is 0.169. The van der Waals surface area contributed by atoms with E-state index in [9.17, 15) is 9.18 Å². The van der Waals surface area contributed by atoms with E-state index in [1.165, 1.54) is 24.4 Å². The maximum absolute atomic E-state index is 15.3. The maximum atomic E-state index is 15.3. The normalized spacial score (nSPS) is 17.4. The highest BCUT2D eigenvalue weighted by atomic mass is 19.1. The minimum atomic E-state index is -0.654. The number of halogens is 2. The zero-order valence-corrected chi connectivity index (χ0v) is 16.7. The van der Waals surface area contributed by atoms with E-state index >= 15 is 4.39 Å². The molecule has 4 aromatic rings. The molecule has 2 aliphatic rings. The lowest BCUT2D eigenvalue weighted by molar-refractivity contribution is -0.000914. The van der Waals surface area contributed by atoms with Crippen LogP contribution in [0, 0.1) is 11.8 Å². The van der Waals surface area contributed by atoms with E-state index in [-0.39, 0.29) is 17.9 Å². The average molecular weight is 424 g/mol. The van der Waals surface area contributed by atoms with Crippen LogP contribution >= 0.6 is 0 Å². The molecule has 0 N–H and O–H groups in total. The summed E-state index contributed by atoms with van der Waals surface area (Å²) in [4.78, 5) is 21.4. The summed E-state index contributed by atoms with van der Waals surface area (Å²) in [5.41, 5.74) is 1.49. The molecule has 3 aromatic heterocycles. The Labute approximate surface area is 174 Å². The second kappa shape index (κ2) is 6.34. The third-order valence-electron chi connectivity index (χ3n) is 6.48. The molecule has 1 fully saturated rings. The lowest BCUT2D eigenvalue weighted by Crippen LogP contribution is -2.48. The van der Waals surface area contributed by atoms with E-state index < -0.39 is 17.3 Å². The molecule has 0 unspecified atom stereocenters. The first-order valence-electron chi connectivity index (χ1n) is 10.1. The molecule has 0 aliphatic carbocycles. The predicted octanol–water partition coefficient (Wildman–Crippen LogP) is 3.13. The van der Waals surface area contributed by atoms with E-state index in [1.807, 2.05) is 0 Å². The van der Waals surface area contributed by atoms with Crippen molar-refractivity contribution in [2.45, 2.75) is 18.4 Å². The van der Waals surface area contributed by atoms with Crippen LogP contribution in [0.5, 0.6) is 5.75 Å². The molecule has 1 aromatic carbocycles. The molecule has 0 bridgehead atoms. The number of hydrogen-bond donors (Lipinski definition) is 0. The Kier molecular flexibility index (Phi) is 3.77. The number of hydrogen-bond acceptors (Lipinski definition) is 5. The highest BCUT2D eigenvalue weighted by Crippen LogP contribution is 2.46. The molecule has 6 rings (SSSR count). The van der Waals surface area contributed by atoms with Gasteiger partial charge < -0.3 is 9.47 Å². The van der Waals surface area contributed by atoms with Gasteiger partial charge in [-0.2, -0.15) is 4.39 Å². The fourth-order valence-electron chi connectivity index (χ4n) is 4.85. The van der Waals surface area contributed by atoms with Crippen molar-refractivity contribution in [3.63, 3.8) is 0 Å². The van der Waals surface area contributed by atoms with Gasteiger partial charge >= 0.3 is 5.69 Å². The molecular formula is C22H18F2N4O3. The highest BCUT2D eigenvalue weighted by Gasteiger charge is 2.42. The maximum Gasteiger partial charge on any atom is 0.329 e. The Morgan fingerprint density at radius 1 is 1.13 bits per heavy atom. The summed E-state index contributed by atoms with van der Waals surface area (Å²) in [6.07, 6.45) is 4.07. The zero-order chi connectivity index (χ0) is 21.3. The van der Waals surface area contributed by atoms with Crippen molar-refractivity contribution in [1.29, 1.82) is 0 Å². The van der Waals surface area contributed by atoms with Gasteiger partial charge in [-0.05, 0) is 25.0 Å². The van der Waals surface area contributed by atoms with Crippen molar-refractivity contribution < 1.29 is 18.3 Å². The Bertz CT molecular complexity index is 1420. The number of benzene rings is 1. The molecule has 0 radical (unpaired) electrons. The van der Waals surface area contributed by atoms with Gasteiger partial charge in [0.2, 0.25) is 5.95 Å². The second-order valence-electron chi connectivity index (χ2n) is 8.12. The summed E-state index contributed by atoms with van der Waals surface area (Å²) in [7, 11) is 1.71. The fraction of sp³-hybridized carbons (Fsp3) is 0.318. The van der Waals surface area contributed by atoms with Gasteiger partial charge in [0, 0.05) is 38.1 Å². The third-order valence-corrected chi connectivity index (χ3v) is 6.48. The van der Waals surface area contributed by atoms with Gasteiger partial charge in [0.1, 0.15) is 18.2 Å². The van der Waals surface area contributed by atoms with E-state index in [4.69, 9.17) is 9.47 Å². The van der Waals surface area contributed by atoms with Crippen LogP contribution in [-0.2, 0) is 17.3 Å². The molecule has 9 heteroatoms. The number of ether oxygens (including phenoxy) is 2. The summed E-state index contributed by atoms with van der Waals surface area (Å²) in [5, 5.41) is 0.569. The Hall–Kier alpha value is -3.33. The van der Waals surface area contributed by atoms with Crippen LogP contribution in [0.3, 0.4) is 0 Å². The van der Waals surface area contributed by atoms with Crippen molar-refractivity contribution in [2.75, 3.05) is 19.8 Å². The first kappa shape index (κ1) is 18.4. The molecule has 0 saturated carbocycles. The number of pyridine rings is 2. The first-order chi connectivity index (χ1) is 15.0. The summed E-state index contributed by atoms with van der Waals surface area (Å²) in [6.45, 7) is 1.18. The lowest BCUT2D eigenvalue weighted by Gasteiger charge is -2.36. The van der Waals surface area contributed by atoms with Gasteiger partial charge in [-0.1, -0.05) is 0 Å².